The molecule has 3 aliphatic heterocycles. The highest BCUT2D eigenvalue weighted by atomic mass is 35.5. The lowest BCUT2D eigenvalue weighted by Gasteiger charge is -2.60. The highest BCUT2D eigenvalue weighted by molar-refractivity contribution is 6.30. The molecule has 6 aliphatic rings. The number of likely N-dealkylation sites (tertiary alicyclic amines) is 1. The van der Waals surface area contributed by atoms with Gasteiger partial charge in [-0.15, -0.1) is 0 Å². The third-order valence-electron chi connectivity index (χ3n) is 15.7. The number of nitrogens with zero attached hydrogens (tertiary/aromatic N) is 4. The van der Waals surface area contributed by atoms with Gasteiger partial charge >= 0.3 is 6.18 Å². The van der Waals surface area contributed by atoms with E-state index in [1.54, 1.807) is 32.2 Å². The number of carbonyl (C=O) groups excluding carboxylic acids is 7. The summed E-state index contributed by atoms with van der Waals surface area (Å²) >= 11 is 6.53. The number of allylic oxidation sites excluding steroid dienone is 1. The first-order valence-electron chi connectivity index (χ1n) is 25.1. The molecule has 0 bridgehead atoms. The summed E-state index contributed by atoms with van der Waals surface area (Å²) in [5, 5.41) is 11.7. The molecule has 2 saturated heterocycles. The molecule has 0 aromatic heterocycles. The van der Waals surface area contributed by atoms with Crippen LogP contribution in [0.1, 0.15) is 123 Å². The van der Waals surface area contributed by atoms with Gasteiger partial charge < -0.3 is 36.0 Å². The summed E-state index contributed by atoms with van der Waals surface area (Å²) < 4.78 is 59.3. The van der Waals surface area contributed by atoms with Crippen LogP contribution in [0.15, 0.2) is 29.3 Å². The van der Waals surface area contributed by atoms with Crippen LogP contribution in [0.25, 0.3) is 5.57 Å². The van der Waals surface area contributed by atoms with Gasteiger partial charge in [-0.1, -0.05) is 37.9 Å². The van der Waals surface area contributed by atoms with Crippen molar-refractivity contribution >= 4 is 64.7 Å². The van der Waals surface area contributed by atoms with E-state index in [4.69, 9.17) is 11.6 Å². The number of amides is 7. The number of benzene rings is 1. The summed E-state index contributed by atoms with van der Waals surface area (Å²) in [6.45, 7) is 8.22. The molecule has 390 valence electrons. The van der Waals surface area contributed by atoms with Gasteiger partial charge in [0, 0.05) is 44.7 Å². The molecule has 3 saturated carbocycles. The van der Waals surface area contributed by atoms with Gasteiger partial charge in [0.05, 0.1) is 12.6 Å². The zero-order chi connectivity index (χ0) is 52.0. The Kier molecular flexibility index (Phi) is 15.7. The molecule has 0 radical (unpaired) electrons. The van der Waals surface area contributed by atoms with Crippen molar-refractivity contribution in [3.05, 3.63) is 40.4 Å². The number of halogens is 5. The highest BCUT2D eigenvalue weighted by Crippen LogP contribution is 2.69. The molecule has 15 nitrogen and oxygen atoms in total. The second kappa shape index (κ2) is 20.8. The maximum Gasteiger partial charge on any atom is 0.403 e. The molecule has 3 aliphatic carbocycles. The molecular weight excluding hydrogens is 948 g/mol. The normalized spacial score (nSPS) is 28.3. The zero-order valence-corrected chi connectivity index (χ0v) is 42.5. The molecule has 7 rings (SSSR count). The van der Waals surface area contributed by atoms with Crippen molar-refractivity contribution in [2.24, 2.45) is 27.7 Å². The average molecular weight is 1020 g/mol. The molecular formula is C51H69ClF4N8O7. The number of aliphatic imine (C=N–C) groups is 1. The Morgan fingerprint density at radius 3 is 2.30 bits per heavy atom. The maximum absolute atomic E-state index is 15.1. The molecule has 7 amide bonds. The summed E-state index contributed by atoms with van der Waals surface area (Å²) in [7, 11) is 2.84. The fourth-order valence-electron chi connectivity index (χ4n) is 11.3. The van der Waals surface area contributed by atoms with Crippen LogP contribution in [0.5, 0.6) is 0 Å². The Morgan fingerprint density at radius 2 is 1.70 bits per heavy atom. The van der Waals surface area contributed by atoms with Crippen LogP contribution in [0.3, 0.4) is 0 Å². The molecule has 3 heterocycles. The van der Waals surface area contributed by atoms with Crippen molar-refractivity contribution in [3.8, 4) is 0 Å². The first kappa shape index (κ1) is 53.7. The molecule has 71 heavy (non-hydrogen) atoms. The summed E-state index contributed by atoms with van der Waals surface area (Å²) in [5.74, 6) is -5.96. The van der Waals surface area contributed by atoms with Crippen LogP contribution in [0, 0.1) is 22.7 Å². The molecule has 4 N–H and O–H groups in total. The molecule has 20 heteroatoms. The van der Waals surface area contributed by atoms with Crippen LogP contribution in [0.4, 0.5) is 17.6 Å². The molecule has 1 spiro atoms. The topological polar surface area (TPSA) is 190 Å². The number of hydrogen-bond acceptors (Lipinski definition) is 8. The Hall–Kier alpha value is -5.07. The summed E-state index contributed by atoms with van der Waals surface area (Å²) in [4.78, 5) is 108. The third kappa shape index (κ3) is 11.3. The van der Waals surface area contributed by atoms with Crippen LogP contribution >= 0.6 is 11.6 Å². The van der Waals surface area contributed by atoms with Crippen molar-refractivity contribution in [1.82, 2.24) is 36.0 Å². The van der Waals surface area contributed by atoms with E-state index in [9.17, 15) is 46.7 Å². The van der Waals surface area contributed by atoms with E-state index in [1.807, 2.05) is 32.9 Å². The number of nitrogens with one attached hydrogen (secondary N) is 4. The highest BCUT2D eigenvalue weighted by Gasteiger charge is 2.74. The number of carbonyl (C=O) groups is 7. The van der Waals surface area contributed by atoms with Crippen molar-refractivity contribution in [3.63, 3.8) is 0 Å². The van der Waals surface area contributed by atoms with Gasteiger partial charge in [0.1, 0.15) is 47.3 Å². The lowest BCUT2D eigenvalue weighted by molar-refractivity contribution is -0.285. The number of alkyl halides is 4. The van der Waals surface area contributed by atoms with E-state index in [0.717, 1.165) is 17.6 Å². The SMILES string of the molecule is CC(C)C[C@@H]1NC(=O)[C@@H](N(C)C(=O)[C@@H](NC(=O)[C@@H]2C[C@@H](F)CN2C(=O)C2(C(F)(F)F)CC3(CCC3)C2)C2CC2)CCCCNC(=O)C(C)(C)NC(=O)[C@H](Cc2cc(Cl)ccc2C2=CC=NC2C)N(C)C1=O. The van der Waals surface area contributed by atoms with Crippen molar-refractivity contribution in [2.75, 3.05) is 27.2 Å². The van der Waals surface area contributed by atoms with Gasteiger partial charge in [-0.05, 0) is 137 Å². The number of likely N-dealkylation sites (N-methyl/N-ethyl adjacent to an activating group) is 2. The Morgan fingerprint density at radius 1 is 1.01 bits per heavy atom. The zero-order valence-electron chi connectivity index (χ0n) is 41.7. The summed E-state index contributed by atoms with van der Waals surface area (Å²) in [6, 6.07) is -1.42. The van der Waals surface area contributed by atoms with Gasteiger partial charge in [0.25, 0.3) is 0 Å². The standard InChI is InChI=1S/C51H69ClF4N8O7/c1-28(2)21-36-44(68)63(7)38(23-31-22-32(52)14-15-35(31)34-16-20-57-29(34)3)43(67)61-48(4,5)46(70)58-19-9-8-11-37(41(65)59-36)62(6)45(69)40(30-12-13-30)60-42(66)39-24-33(53)25-64(39)47(71)50(51(54,55)56)26-49(27-50)17-10-18-49/h14-16,20,22,28-30,33,36-40H,8-13,17-19,21,23-27H2,1-7H3,(H,58,70)(H,59,65)(H,60,66)(H,61,67)/t29?,33-,36+,37+,38+,39+,40+/m1/s1. The van der Waals surface area contributed by atoms with E-state index in [-0.39, 0.29) is 37.8 Å². The van der Waals surface area contributed by atoms with E-state index in [2.05, 4.69) is 26.3 Å². The number of rotatable bonds is 11. The first-order chi connectivity index (χ1) is 33.3. The van der Waals surface area contributed by atoms with Crippen LogP contribution in [0.2, 0.25) is 5.02 Å². The molecule has 1 aromatic carbocycles. The quantitative estimate of drug-likeness (QED) is 0.212. The molecule has 7 atom stereocenters. The van der Waals surface area contributed by atoms with Gasteiger partial charge in [-0.3, -0.25) is 38.6 Å². The Labute approximate surface area is 418 Å². The van der Waals surface area contributed by atoms with Crippen LogP contribution in [-0.2, 0) is 40.0 Å². The average Bonchev–Trinajstić information content (AvgIpc) is 3.90. The lowest BCUT2D eigenvalue weighted by Crippen LogP contribution is -2.66. The fraction of sp³-hybridized carbons (Fsp3) is 0.686. The van der Waals surface area contributed by atoms with Gasteiger partial charge in [0.2, 0.25) is 41.4 Å². The Balaban J connectivity index is 1.14. The smallest absolute Gasteiger partial charge is 0.354 e. The molecule has 5 fully saturated rings. The van der Waals surface area contributed by atoms with E-state index >= 15 is 4.39 Å². The van der Waals surface area contributed by atoms with Crippen LogP contribution < -0.4 is 21.3 Å². The molecule has 1 unspecified atom stereocenters. The summed E-state index contributed by atoms with van der Waals surface area (Å²) in [5.41, 5.74) is -2.43. The van der Waals surface area contributed by atoms with E-state index in [0.29, 0.717) is 54.0 Å². The van der Waals surface area contributed by atoms with E-state index in [1.165, 1.54) is 23.9 Å². The maximum atomic E-state index is 15.1. The predicted molar refractivity (Wildman–Crippen MR) is 258 cm³/mol. The second-order valence-corrected chi connectivity index (χ2v) is 22.4. The minimum atomic E-state index is -4.91. The first-order valence-corrected chi connectivity index (χ1v) is 25.4. The minimum absolute atomic E-state index is 0.0368. The lowest BCUT2D eigenvalue weighted by atomic mass is 9.44. The van der Waals surface area contributed by atoms with Crippen molar-refractivity contribution in [2.45, 2.75) is 172 Å². The number of hydrogen-bond donors (Lipinski definition) is 4. The summed E-state index contributed by atoms with van der Waals surface area (Å²) in [6.07, 6.45) is -0.725. The van der Waals surface area contributed by atoms with Gasteiger partial charge in [-0.25, -0.2) is 4.39 Å². The second-order valence-electron chi connectivity index (χ2n) is 22.0. The van der Waals surface area contributed by atoms with Crippen molar-refractivity contribution in [1.29, 1.82) is 0 Å². The minimum Gasteiger partial charge on any atom is -0.354 e. The largest absolute Gasteiger partial charge is 0.403 e. The van der Waals surface area contributed by atoms with E-state index < -0.39 is 132 Å². The van der Waals surface area contributed by atoms with Crippen LogP contribution in [-0.4, -0.2) is 144 Å². The van der Waals surface area contributed by atoms with Crippen molar-refractivity contribution < 1.29 is 51.1 Å². The third-order valence-corrected chi connectivity index (χ3v) is 16.0. The predicted octanol–water partition coefficient (Wildman–Crippen LogP) is 5.47. The van der Waals surface area contributed by atoms with Gasteiger partial charge in [-0.2, -0.15) is 13.2 Å². The Bertz CT molecular complexity index is 2330. The fourth-order valence-corrected chi connectivity index (χ4v) is 11.5. The monoisotopic (exact) mass is 1020 g/mol. The molecule has 1 aromatic rings. The van der Waals surface area contributed by atoms with Gasteiger partial charge in [0.15, 0.2) is 0 Å².